The van der Waals surface area contributed by atoms with Crippen molar-refractivity contribution in [2.75, 3.05) is 20.2 Å². The second-order valence-electron chi connectivity index (χ2n) is 9.68. The average Bonchev–Trinajstić information content (AvgIpc) is 3.26. The lowest BCUT2D eigenvalue weighted by molar-refractivity contribution is -0.173. The third kappa shape index (κ3) is 3.73. The summed E-state index contributed by atoms with van der Waals surface area (Å²) in [6.45, 7) is 1.65. The highest BCUT2D eigenvalue weighted by Crippen LogP contribution is 2.61. The highest BCUT2D eigenvalue weighted by molar-refractivity contribution is 5.80. The van der Waals surface area contributed by atoms with Crippen molar-refractivity contribution < 1.29 is 19.0 Å². The number of esters is 1. The molecule has 1 heterocycles. The lowest BCUT2D eigenvalue weighted by Gasteiger charge is -2.51. The van der Waals surface area contributed by atoms with Crippen molar-refractivity contribution in [3.8, 4) is 0 Å². The van der Waals surface area contributed by atoms with E-state index < -0.39 is 16.9 Å². The normalized spacial score (nSPS) is 28.9. The molecule has 5 heteroatoms. The van der Waals surface area contributed by atoms with Crippen LogP contribution in [-0.2, 0) is 21.7 Å². The molecule has 4 nitrogen and oxygen atoms in total. The number of rotatable bonds is 5. The molecule has 0 bridgehead atoms. The van der Waals surface area contributed by atoms with Crippen LogP contribution in [0, 0.1) is 17.2 Å². The molecule has 1 aliphatic heterocycles. The first-order valence-electron chi connectivity index (χ1n) is 11.9. The minimum Gasteiger partial charge on any atom is -0.469 e. The summed E-state index contributed by atoms with van der Waals surface area (Å²) in [4.78, 5) is 15.9. The van der Waals surface area contributed by atoms with Gasteiger partial charge in [-0.05, 0) is 41.7 Å². The standard InChI is InChI=1S/C29H30FNO3/c1-34-27(32)28-20-31(18-21-9-4-2-5-10-21)19-26(28)29(33,23-13-8-14-24(30)17-23)16-15-25(28)22-11-6-3-7-12-22/h2-14,17,25-26,33H,15-16,18-20H2,1H3. The number of halogens is 1. The zero-order valence-electron chi connectivity index (χ0n) is 19.4. The van der Waals surface area contributed by atoms with Gasteiger partial charge in [-0.2, -0.15) is 0 Å². The van der Waals surface area contributed by atoms with Gasteiger partial charge in [-0.3, -0.25) is 9.69 Å². The molecular weight excluding hydrogens is 429 g/mol. The molecule has 0 aromatic heterocycles. The fourth-order valence-electron chi connectivity index (χ4n) is 6.45. The summed E-state index contributed by atoms with van der Waals surface area (Å²) < 4.78 is 19.7. The van der Waals surface area contributed by atoms with Crippen molar-refractivity contribution in [1.82, 2.24) is 4.90 Å². The molecule has 1 saturated carbocycles. The maximum Gasteiger partial charge on any atom is 0.314 e. The van der Waals surface area contributed by atoms with Crippen LogP contribution in [0.2, 0.25) is 0 Å². The zero-order chi connectivity index (χ0) is 23.8. The first kappa shape index (κ1) is 22.8. The summed E-state index contributed by atoms with van der Waals surface area (Å²) in [7, 11) is 1.42. The van der Waals surface area contributed by atoms with E-state index in [1.165, 1.54) is 19.2 Å². The zero-order valence-corrected chi connectivity index (χ0v) is 19.4. The topological polar surface area (TPSA) is 49.8 Å². The first-order valence-corrected chi connectivity index (χ1v) is 11.9. The maximum atomic E-state index is 14.2. The lowest BCUT2D eigenvalue weighted by atomic mass is 9.53. The Balaban J connectivity index is 1.63. The van der Waals surface area contributed by atoms with Gasteiger partial charge in [0, 0.05) is 31.5 Å². The van der Waals surface area contributed by atoms with Crippen molar-refractivity contribution in [3.05, 3.63) is 107 Å². The van der Waals surface area contributed by atoms with E-state index in [2.05, 4.69) is 29.2 Å². The van der Waals surface area contributed by atoms with E-state index in [0.717, 1.165) is 11.1 Å². The molecule has 2 fully saturated rings. The molecule has 4 atom stereocenters. The number of carbonyl (C=O) groups excluding carboxylic acids is 1. The van der Waals surface area contributed by atoms with Crippen molar-refractivity contribution in [2.45, 2.75) is 30.9 Å². The van der Waals surface area contributed by atoms with Crippen LogP contribution in [0.1, 0.15) is 35.4 Å². The summed E-state index contributed by atoms with van der Waals surface area (Å²) >= 11 is 0. The molecule has 3 aromatic rings. The molecule has 1 aliphatic carbocycles. The fraction of sp³-hybridized carbons (Fsp3) is 0.345. The molecule has 0 spiro atoms. The Bertz CT molecular complexity index is 1150. The predicted molar refractivity (Wildman–Crippen MR) is 128 cm³/mol. The molecule has 176 valence electrons. The third-order valence-corrected chi connectivity index (χ3v) is 7.90. The van der Waals surface area contributed by atoms with E-state index in [1.54, 1.807) is 12.1 Å². The Morgan fingerprint density at radius 1 is 1.06 bits per heavy atom. The quantitative estimate of drug-likeness (QED) is 0.553. The number of hydrogen-bond donors (Lipinski definition) is 1. The van der Waals surface area contributed by atoms with Gasteiger partial charge < -0.3 is 9.84 Å². The van der Waals surface area contributed by atoms with Crippen molar-refractivity contribution in [1.29, 1.82) is 0 Å². The molecule has 0 amide bonds. The van der Waals surface area contributed by atoms with Crippen LogP contribution in [0.25, 0.3) is 0 Å². The Kier molecular flexibility index (Phi) is 6.00. The van der Waals surface area contributed by atoms with E-state index in [9.17, 15) is 14.3 Å². The Morgan fingerprint density at radius 2 is 1.76 bits per heavy atom. The summed E-state index contributed by atoms with van der Waals surface area (Å²) in [6.07, 6.45) is 1.04. The predicted octanol–water partition coefficient (Wildman–Crippen LogP) is 4.88. The number of hydrogen-bond acceptors (Lipinski definition) is 4. The van der Waals surface area contributed by atoms with Crippen LogP contribution in [0.3, 0.4) is 0 Å². The van der Waals surface area contributed by atoms with Gasteiger partial charge in [0.15, 0.2) is 0 Å². The number of ether oxygens (including phenoxy) is 1. The van der Waals surface area contributed by atoms with Gasteiger partial charge in [0.1, 0.15) is 5.82 Å². The Hall–Kier alpha value is -3.02. The number of carbonyl (C=O) groups is 1. The summed E-state index contributed by atoms with van der Waals surface area (Å²) in [5.41, 5.74) is 0.448. The fourth-order valence-corrected chi connectivity index (χ4v) is 6.45. The van der Waals surface area contributed by atoms with E-state index in [1.807, 2.05) is 36.4 Å². The van der Waals surface area contributed by atoms with Gasteiger partial charge in [-0.1, -0.05) is 72.8 Å². The van der Waals surface area contributed by atoms with Gasteiger partial charge in [-0.25, -0.2) is 4.39 Å². The van der Waals surface area contributed by atoms with Crippen LogP contribution < -0.4 is 0 Å². The van der Waals surface area contributed by atoms with E-state index in [-0.39, 0.29) is 17.7 Å². The van der Waals surface area contributed by atoms with Crippen LogP contribution in [-0.4, -0.2) is 36.2 Å². The Morgan fingerprint density at radius 3 is 2.44 bits per heavy atom. The number of methoxy groups -OCH3 is 1. The first-order chi connectivity index (χ1) is 16.5. The van der Waals surface area contributed by atoms with Crippen LogP contribution in [0.15, 0.2) is 84.9 Å². The summed E-state index contributed by atoms with van der Waals surface area (Å²) in [5, 5.41) is 12.2. The van der Waals surface area contributed by atoms with Crippen LogP contribution in [0.5, 0.6) is 0 Å². The molecule has 2 aliphatic rings. The number of benzene rings is 3. The van der Waals surface area contributed by atoms with E-state index in [4.69, 9.17) is 4.74 Å². The highest BCUT2D eigenvalue weighted by atomic mass is 19.1. The highest BCUT2D eigenvalue weighted by Gasteiger charge is 2.66. The van der Waals surface area contributed by atoms with Crippen molar-refractivity contribution in [3.63, 3.8) is 0 Å². The minimum atomic E-state index is -1.34. The second-order valence-corrected chi connectivity index (χ2v) is 9.68. The number of fused-ring (bicyclic) bond motifs is 1. The lowest BCUT2D eigenvalue weighted by Crippen LogP contribution is -2.56. The molecule has 4 unspecified atom stereocenters. The van der Waals surface area contributed by atoms with Gasteiger partial charge >= 0.3 is 5.97 Å². The van der Waals surface area contributed by atoms with Crippen molar-refractivity contribution >= 4 is 5.97 Å². The molecule has 3 aromatic carbocycles. The number of likely N-dealkylation sites (tertiary alicyclic amines) is 1. The van der Waals surface area contributed by atoms with Crippen LogP contribution >= 0.6 is 0 Å². The molecular formula is C29H30FNO3. The van der Waals surface area contributed by atoms with Gasteiger partial charge in [0.2, 0.25) is 0 Å². The second kappa shape index (κ2) is 8.97. The molecule has 1 N–H and O–H groups in total. The molecule has 0 radical (unpaired) electrons. The van der Waals surface area contributed by atoms with Gasteiger partial charge in [0.25, 0.3) is 0 Å². The SMILES string of the molecule is COC(=O)C12CN(Cc3ccccc3)CC1C(O)(c1cccc(F)c1)CCC2c1ccccc1. The monoisotopic (exact) mass is 459 g/mol. The largest absolute Gasteiger partial charge is 0.469 e. The van der Waals surface area contributed by atoms with Crippen molar-refractivity contribution in [2.24, 2.45) is 11.3 Å². The van der Waals surface area contributed by atoms with Gasteiger partial charge in [0.05, 0.1) is 18.1 Å². The summed E-state index contributed by atoms with van der Waals surface area (Å²) in [5.74, 6) is -1.26. The molecule has 1 saturated heterocycles. The van der Waals surface area contributed by atoms with E-state index >= 15 is 0 Å². The average molecular weight is 460 g/mol. The maximum absolute atomic E-state index is 14.2. The summed E-state index contributed by atoms with van der Waals surface area (Å²) in [6, 6.07) is 26.4. The number of nitrogens with zero attached hydrogens (tertiary/aromatic N) is 1. The smallest absolute Gasteiger partial charge is 0.314 e. The van der Waals surface area contributed by atoms with E-state index in [0.29, 0.717) is 38.0 Å². The third-order valence-electron chi connectivity index (χ3n) is 7.90. The van der Waals surface area contributed by atoms with Crippen LogP contribution in [0.4, 0.5) is 4.39 Å². The Labute approximate surface area is 200 Å². The van der Waals surface area contributed by atoms with Gasteiger partial charge in [-0.15, -0.1) is 0 Å². The molecule has 5 rings (SSSR count). The molecule has 34 heavy (non-hydrogen) atoms. The number of aliphatic hydroxyl groups is 1. The minimum absolute atomic E-state index is 0.110.